The van der Waals surface area contributed by atoms with Crippen LogP contribution in [0.1, 0.15) is 16.7 Å². The molecule has 0 radical (unpaired) electrons. The fourth-order valence-electron chi connectivity index (χ4n) is 1.70. The van der Waals surface area contributed by atoms with Crippen molar-refractivity contribution >= 4 is 17.3 Å². The second-order valence-corrected chi connectivity index (χ2v) is 4.63. The van der Waals surface area contributed by atoms with Gasteiger partial charge in [-0.2, -0.15) is 0 Å². The van der Waals surface area contributed by atoms with E-state index < -0.39 is 0 Å². The number of hydrogen-bond acceptors (Lipinski definition) is 2. The van der Waals surface area contributed by atoms with Gasteiger partial charge in [-0.05, 0) is 48.7 Å². The Morgan fingerprint density at radius 3 is 2.83 bits per heavy atom. The average Bonchev–Trinajstić information content (AvgIpc) is 2.34. The SMILES string of the molecule is Cc1cnc(Cl)c(NCc2cc(F)ccc2C)c1. The Bertz CT molecular complexity index is 518. The van der Waals surface area contributed by atoms with Gasteiger partial charge in [0.15, 0.2) is 5.15 Å². The third-order valence-corrected chi connectivity index (χ3v) is 3.06. The second kappa shape index (κ2) is 5.36. The van der Waals surface area contributed by atoms with Crippen molar-refractivity contribution in [3.63, 3.8) is 0 Å². The van der Waals surface area contributed by atoms with Crippen LogP contribution >= 0.6 is 11.6 Å². The topological polar surface area (TPSA) is 24.9 Å². The Morgan fingerprint density at radius 1 is 1.28 bits per heavy atom. The molecule has 0 amide bonds. The van der Waals surface area contributed by atoms with Gasteiger partial charge >= 0.3 is 0 Å². The molecule has 94 valence electrons. The molecule has 2 aromatic rings. The largest absolute Gasteiger partial charge is 0.378 e. The first-order valence-corrected chi connectivity index (χ1v) is 6.05. The maximum atomic E-state index is 13.2. The van der Waals surface area contributed by atoms with E-state index in [4.69, 9.17) is 11.6 Å². The van der Waals surface area contributed by atoms with Gasteiger partial charge in [0.05, 0.1) is 5.69 Å². The van der Waals surface area contributed by atoms with Crippen molar-refractivity contribution in [3.8, 4) is 0 Å². The zero-order chi connectivity index (χ0) is 13.1. The molecule has 1 aromatic heterocycles. The standard InChI is InChI=1S/C14H14ClFN2/c1-9-5-13(14(15)18-7-9)17-8-11-6-12(16)4-3-10(11)2/h3-7,17H,8H2,1-2H3. The van der Waals surface area contributed by atoms with Crippen LogP contribution < -0.4 is 5.32 Å². The summed E-state index contributed by atoms with van der Waals surface area (Å²) in [4.78, 5) is 4.06. The molecule has 0 saturated carbocycles. The fraction of sp³-hybridized carbons (Fsp3) is 0.214. The van der Waals surface area contributed by atoms with Crippen LogP contribution in [0.4, 0.5) is 10.1 Å². The van der Waals surface area contributed by atoms with Crippen molar-refractivity contribution in [1.82, 2.24) is 4.98 Å². The molecule has 2 rings (SSSR count). The first-order valence-electron chi connectivity index (χ1n) is 5.67. The number of aromatic nitrogens is 1. The molecule has 1 heterocycles. The maximum Gasteiger partial charge on any atom is 0.152 e. The van der Waals surface area contributed by atoms with Crippen molar-refractivity contribution in [2.75, 3.05) is 5.32 Å². The van der Waals surface area contributed by atoms with Crippen molar-refractivity contribution < 1.29 is 4.39 Å². The number of anilines is 1. The number of benzene rings is 1. The van der Waals surface area contributed by atoms with Gasteiger partial charge in [0.25, 0.3) is 0 Å². The molecule has 0 aliphatic carbocycles. The molecule has 1 aromatic carbocycles. The highest BCUT2D eigenvalue weighted by molar-refractivity contribution is 6.31. The Hall–Kier alpha value is -1.61. The number of rotatable bonds is 3. The van der Waals surface area contributed by atoms with Gasteiger partial charge < -0.3 is 5.32 Å². The van der Waals surface area contributed by atoms with Crippen LogP contribution in [-0.4, -0.2) is 4.98 Å². The molecule has 18 heavy (non-hydrogen) atoms. The van der Waals surface area contributed by atoms with E-state index >= 15 is 0 Å². The molecule has 0 atom stereocenters. The number of halogens is 2. The Kier molecular flexibility index (Phi) is 3.82. The van der Waals surface area contributed by atoms with E-state index in [2.05, 4.69) is 10.3 Å². The lowest BCUT2D eigenvalue weighted by atomic mass is 10.1. The van der Waals surface area contributed by atoms with Crippen LogP contribution in [0.15, 0.2) is 30.5 Å². The zero-order valence-electron chi connectivity index (χ0n) is 10.3. The van der Waals surface area contributed by atoms with Crippen LogP contribution in [0, 0.1) is 19.7 Å². The van der Waals surface area contributed by atoms with Gasteiger partial charge in [-0.15, -0.1) is 0 Å². The number of aryl methyl sites for hydroxylation is 2. The molecule has 0 aliphatic rings. The number of hydrogen-bond donors (Lipinski definition) is 1. The lowest BCUT2D eigenvalue weighted by Crippen LogP contribution is -2.03. The highest BCUT2D eigenvalue weighted by Crippen LogP contribution is 2.21. The minimum atomic E-state index is -0.231. The van der Waals surface area contributed by atoms with Crippen LogP contribution in [-0.2, 0) is 6.54 Å². The summed E-state index contributed by atoms with van der Waals surface area (Å²) in [6.45, 7) is 4.42. The minimum Gasteiger partial charge on any atom is -0.378 e. The quantitative estimate of drug-likeness (QED) is 0.844. The summed E-state index contributed by atoms with van der Waals surface area (Å²) in [5, 5.41) is 3.60. The molecule has 0 unspecified atom stereocenters. The van der Waals surface area contributed by atoms with E-state index in [1.54, 1.807) is 12.3 Å². The monoisotopic (exact) mass is 264 g/mol. The van der Waals surface area contributed by atoms with E-state index in [0.29, 0.717) is 11.7 Å². The lowest BCUT2D eigenvalue weighted by Gasteiger charge is -2.10. The zero-order valence-corrected chi connectivity index (χ0v) is 11.1. The number of nitrogens with zero attached hydrogens (tertiary/aromatic N) is 1. The summed E-state index contributed by atoms with van der Waals surface area (Å²) in [5.41, 5.74) is 3.74. The van der Waals surface area contributed by atoms with Gasteiger partial charge in [0.2, 0.25) is 0 Å². The molecule has 2 nitrogen and oxygen atoms in total. The van der Waals surface area contributed by atoms with E-state index in [9.17, 15) is 4.39 Å². The van der Waals surface area contributed by atoms with Gasteiger partial charge in [-0.3, -0.25) is 0 Å². The summed E-state index contributed by atoms with van der Waals surface area (Å²) in [5.74, 6) is -0.231. The van der Waals surface area contributed by atoms with Gasteiger partial charge in [0, 0.05) is 12.7 Å². The molecule has 4 heteroatoms. The second-order valence-electron chi connectivity index (χ2n) is 4.28. The summed E-state index contributed by atoms with van der Waals surface area (Å²) < 4.78 is 13.2. The normalized spacial score (nSPS) is 10.4. The summed E-state index contributed by atoms with van der Waals surface area (Å²) >= 11 is 5.99. The maximum absolute atomic E-state index is 13.2. The highest BCUT2D eigenvalue weighted by atomic mass is 35.5. The van der Waals surface area contributed by atoms with Crippen LogP contribution in [0.25, 0.3) is 0 Å². The Balaban J connectivity index is 2.16. The van der Waals surface area contributed by atoms with E-state index in [1.807, 2.05) is 19.9 Å². The molecule has 1 N–H and O–H groups in total. The predicted molar refractivity (Wildman–Crippen MR) is 72.4 cm³/mol. The molecule has 0 aliphatic heterocycles. The van der Waals surface area contributed by atoms with Crippen molar-refractivity contribution in [2.45, 2.75) is 20.4 Å². The van der Waals surface area contributed by atoms with E-state index in [0.717, 1.165) is 22.4 Å². The van der Waals surface area contributed by atoms with Crippen molar-refractivity contribution in [1.29, 1.82) is 0 Å². The molecular formula is C14H14ClFN2. The molecular weight excluding hydrogens is 251 g/mol. The Labute approximate surface area is 111 Å². The number of nitrogens with one attached hydrogen (secondary N) is 1. The smallest absolute Gasteiger partial charge is 0.152 e. The Morgan fingerprint density at radius 2 is 2.06 bits per heavy atom. The van der Waals surface area contributed by atoms with Gasteiger partial charge in [0.1, 0.15) is 5.82 Å². The fourth-order valence-corrected chi connectivity index (χ4v) is 1.87. The van der Waals surface area contributed by atoms with E-state index in [-0.39, 0.29) is 5.82 Å². The third-order valence-electron chi connectivity index (χ3n) is 2.76. The van der Waals surface area contributed by atoms with E-state index in [1.165, 1.54) is 12.1 Å². The minimum absolute atomic E-state index is 0.231. The first-order chi connectivity index (χ1) is 8.56. The summed E-state index contributed by atoms with van der Waals surface area (Å²) in [6, 6.07) is 6.67. The van der Waals surface area contributed by atoms with Crippen molar-refractivity contribution in [3.05, 3.63) is 58.1 Å². The predicted octanol–water partition coefficient (Wildman–Crippen LogP) is 4.10. The van der Waals surface area contributed by atoms with Crippen LogP contribution in [0.3, 0.4) is 0 Å². The first kappa shape index (κ1) is 12.8. The lowest BCUT2D eigenvalue weighted by molar-refractivity contribution is 0.625. The number of pyridine rings is 1. The highest BCUT2D eigenvalue weighted by Gasteiger charge is 2.04. The third kappa shape index (κ3) is 2.99. The summed E-state index contributed by atoms with van der Waals surface area (Å²) in [6.07, 6.45) is 1.71. The molecule has 0 fully saturated rings. The average molecular weight is 265 g/mol. The van der Waals surface area contributed by atoms with Gasteiger partial charge in [-0.25, -0.2) is 9.37 Å². The van der Waals surface area contributed by atoms with Crippen molar-refractivity contribution in [2.24, 2.45) is 0 Å². The molecule has 0 bridgehead atoms. The van der Waals surface area contributed by atoms with Gasteiger partial charge in [-0.1, -0.05) is 17.7 Å². The van der Waals surface area contributed by atoms with Crippen LogP contribution in [0.2, 0.25) is 5.15 Å². The molecule has 0 saturated heterocycles. The summed E-state index contributed by atoms with van der Waals surface area (Å²) in [7, 11) is 0. The molecule has 0 spiro atoms. The van der Waals surface area contributed by atoms with Crippen LogP contribution in [0.5, 0.6) is 0 Å².